The summed E-state index contributed by atoms with van der Waals surface area (Å²) in [5, 5.41) is 17.1. The SMILES string of the molecule is Cc1cccc2nnc(SCC(=O)O)n12. The highest BCUT2D eigenvalue weighted by Crippen LogP contribution is 2.18. The Bertz CT molecular complexity index is 509. The van der Waals surface area contributed by atoms with Gasteiger partial charge in [-0.25, -0.2) is 0 Å². The summed E-state index contributed by atoms with van der Waals surface area (Å²) in [5.41, 5.74) is 1.73. The van der Waals surface area contributed by atoms with Crippen LogP contribution in [0.1, 0.15) is 5.69 Å². The van der Waals surface area contributed by atoms with Crippen molar-refractivity contribution in [1.82, 2.24) is 14.6 Å². The second-order valence-corrected chi connectivity index (χ2v) is 3.97. The molecular weight excluding hydrogens is 214 g/mol. The predicted octanol–water partition coefficient (Wildman–Crippen LogP) is 1.21. The predicted molar refractivity (Wildman–Crippen MR) is 56.1 cm³/mol. The lowest BCUT2D eigenvalue weighted by Gasteiger charge is -2.00. The minimum atomic E-state index is -0.856. The number of carboxylic acid groups (broad SMARTS) is 1. The number of thioether (sulfide) groups is 1. The monoisotopic (exact) mass is 223 g/mol. The molecule has 15 heavy (non-hydrogen) atoms. The van der Waals surface area contributed by atoms with E-state index in [4.69, 9.17) is 5.11 Å². The largest absolute Gasteiger partial charge is 0.481 e. The van der Waals surface area contributed by atoms with Gasteiger partial charge in [-0.2, -0.15) is 0 Å². The van der Waals surface area contributed by atoms with E-state index in [-0.39, 0.29) is 5.75 Å². The third-order valence-electron chi connectivity index (χ3n) is 1.92. The summed E-state index contributed by atoms with van der Waals surface area (Å²) in [6.07, 6.45) is 0. The van der Waals surface area contributed by atoms with Crippen LogP contribution in [-0.4, -0.2) is 31.4 Å². The summed E-state index contributed by atoms with van der Waals surface area (Å²) in [6, 6.07) is 5.66. The van der Waals surface area contributed by atoms with Crippen LogP contribution < -0.4 is 0 Å². The minimum Gasteiger partial charge on any atom is -0.481 e. The first-order chi connectivity index (χ1) is 7.18. The van der Waals surface area contributed by atoms with Gasteiger partial charge in [0.15, 0.2) is 10.8 Å². The average molecular weight is 223 g/mol. The van der Waals surface area contributed by atoms with Crippen LogP contribution in [-0.2, 0) is 4.79 Å². The average Bonchev–Trinajstić information content (AvgIpc) is 2.59. The zero-order valence-electron chi connectivity index (χ0n) is 8.04. The summed E-state index contributed by atoms with van der Waals surface area (Å²) in [6.45, 7) is 1.93. The molecule has 0 aliphatic rings. The maximum absolute atomic E-state index is 10.4. The van der Waals surface area contributed by atoms with Gasteiger partial charge in [0.2, 0.25) is 0 Å². The lowest BCUT2D eigenvalue weighted by molar-refractivity contribution is -0.133. The van der Waals surface area contributed by atoms with Crippen LogP contribution in [0.15, 0.2) is 23.4 Å². The molecule has 0 aromatic carbocycles. The fourth-order valence-electron chi connectivity index (χ4n) is 1.29. The van der Waals surface area contributed by atoms with Crippen LogP contribution in [0, 0.1) is 6.92 Å². The molecule has 0 bridgehead atoms. The molecule has 0 unspecified atom stereocenters. The molecular formula is C9H9N3O2S. The van der Waals surface area contributed by atoms with Crippen molar-refractivity contribution in [3.8, 4) is 0 Å². The molecule has 0 saturated carbocycles. The number of aryl methyl sites for hydroxylation is 1. The van der Waals surface area contributed by atoms with E-state index < -0.39 is 5.97 Å². The molecule has 78 valence electrons. The smallest absolute Gasteiger partial charge is 0.313 e. The van der Waals surface area contributed by atoms with Gasteiger partial charge in [-0.1, -0.05) is 17.8 Å². The normalized spacial score (nSPS) is 10.7. The van der Waals surface area contributed by atoms with Gasteiger partial charge in [-0.3, -0.25) is 9.20 Å². The highest BCUT2D eigenvalue weighted by atomic mass is 32.2. The van der Waals surface area contributed by atoms with Crippen LogP contribution in [0.5, 0.6) is 0 Å². The summed E-state index contributed by atoms with van der Waals surface area (Å²) < 4.78 is 1.84. The van der Waals surface area contributed by atoms with Gasteiger partial charge in [-0.05, 0) is 19.1 Å². The van der Waals surface area contributed by atoms with Gasteiger partial charge in [0.25, 0.3) is 0 Å². The van der Waals surface area contributed by atoms with Crippen molar-refractivity contribution in [1.29, 1.82) is 0 Å². The molecule has 0 aliphatic heterocycles. The number of rotatable bonds is 3. The van der Waals surface area contributed by atoms with E-state index in [9.17, 15) is 4.79 Å². The minimum absolute atomic E-state index is 0.00483. The molecule has 5 nitrogen and oxygen atoms in total. The summed E-state index contributed by atoms with van der Waals surface area (Å²) >= 11 is 1.17. The maximum Gasteiger partial charge on any atom is 0.313 e. The third kappa shape index (κ3) is 1.94. The molecule has 0 saturated heterocycles. The zero-order chi connectivity index (χ0) is 10.8. The van der Waals surface area contributed by atoms with Crippen LogP contribution in [0.2, 0.25) is 0 Å². The Kier molecular flexibility index (Phi) is 2.59. The molecule has 6 heteroatoms. The quantitative estimate of drug-likeness (QED) is 0.792. The molecule has 2 heterocycles. The number of aromatic nitrogens is 3. The lowest BCUT2D eigenvalue weighted by atomic mass is 10.4. The summed E-state index contributed by atoms with van der Waals surface area (Å²) in [7, 11) is 0. The second kappa shape index (κ2) is 3.90. The third-order valence-corrected chi connectivity index (χ3v) is 2.83. The van der Waals surface area contributed by atoms with Crippen LogP contribution in [0.25, 0.3) is 5.65 Å². The van der Waals surface area contributed by atoms with Crippen molar-refractivity contribution in [3.63, 3.8) is 0 Å². The lowest BCUT2D eigenvalue weighted by Crippen LogP contribution is -2.00. The Morgan fingerprint density at radius 1 is 1.53 bits per heavy atom. The van der Waals surface area contributed by atoms with Gasteiger partial charge in [0, 0.05) is 5.69 Å². The fourth-order valence-corrected chi connectivity index (χ4v) is 2.01. The highest BCUT2D eigenvalue weighted by molar-refractivity contribution is 7.99. The van der Waals surface area contributed by atoms with E-state index in [1.165, 1.54) is 11.8 Å². The van der Waals surface area contributed by atoms with Crippen LogP contribution >= 0.6 is 11.8 Å². The van der Waals surface area contributed by atoms with Gasteiger partial charge < -0.3 is 5.11 Å². The number of fused-ring (bicyclic) bond motifs is 1. The van der Waals surface area contributed by atoms with E-state index in [0.717, 1.165) is 11.3 Å². The summed E-state index contributed by atoms with van der Waals surface area (Å²) in [5.74, 6) is -0.861. The van der Waals surface area contributed by atoms with Crippen LogP contribution in [0.3, 0.4) is 0 Å². The van der Waals surface area contributed by atoms with E-state index in [1.54, 1.807) is 0 Å². The number of pyridine rings is 1. The Balaban J connectivity index is 2.39. The first-order valence-electron chi connectivity index (χ1n) is 4.34. The summed E-state index contributed by atoms with van der Waals surface area (Å²) in [4.78, 5) is 10.4. The Morgan fingerprint density at radius 3 is 3.07 bits per heavy atom. The molecule has 0 spiro atoms. The Labute approximate surface area is 90.1 Å². The number of aliphatic carboxylic acids is 1. The van der Waals surface area contributed by atoms with Crippen molar-refractivity contribution in [2.75, 3.05) is 5.75 Å². The number of carbonyl (C=O) groups is 1. The number of hydrogen-bond donors (Lipinski definition) is 1. The molecule has 0 atom stereocenters. The van der Waals surface area contributed by atoms with Crippen molar-refractivity contribution < 1.29 is 9.90 Å². The zero-order valence-corrected chi connectivity index (χ0v) is 8.86. The molecule has 0 aliphatic carbocycles. The number of hydrogen-bond acceptors (Lipinski definition) is 4. The molecule has 2 aromatic rings. The van der Waals surface area contributed by atoms with E-state index in [1.807, 2.05) is 29.5 Å². The fraction of sp³-hybridized carbons (Fsp3) is 0.222. The van der Waals surface area contributed by atoms with Crippen molar-refractivity contribution in [3.05, 3.63) is 23.9 Å². The number of nitrogens with zero attached hydrogens (tertiary/aromatic N) is 3. The Hall–Kier alpha value is -1.56. The van der Waals surface area contributed by atoms with Gasteiger partial charge in [0.1, 0.15) is 0 Å². The van der Waals surface area contributed by atoms with Gasteiger partial charge in [-0.15, -0.1) is 10.2 Å². The first kappa shape index (κ1) is 9.97. The number of carboxylic acids is 1. The second-order valence-electron chi connectivity index (χ2n) is 3.03. The van der Waals surface area contributed by atoms with E-state index in [2.05, 4.69) is 10.2 Å². The van der Waals surface area contributed by atoms with E-state index in [0.29, 0.717) is 5.16 Å². The van der Waals surface area contributed by atoms with Crippen LogP contribution in [0.4, 0.5) is 0 Å². The van der Waals surface area contributed by atoms with Crippen molar-refractivity contribution in [2.45, 2.75) is 12.1 Å². The van der Waals surface area contributed by atoms with Gasteiger partial charge in [0.05, 0.1) is 5.75 Å². The van der Waals surface area contributed by atoms with Gasteiger partial charge >= 0.3 is 5.97 Å². The molecule has 2 aromatic heterocycles. The standard InChI is InChI=1S/C9H9N3O2S/c1-6-3-2-4-7-10-11-9(12(6)7)15-5-8(13)14/h2-4H,5H2,1H3,(H,13,14). The topological polar surface area (TPSA) is 67.5 Å². The molecule has 0 radical (unpaired) electrons. The maximum atomic E-state index is 10.4. The molecule has 1 N–H and O–H groups in total. The molecule has 0 amide bonds. The Morgan fingerprint density at radius 2 is 2.33 bits per heavy atom. The first-order valence-corrected chi connectivity index (χ1v) is 5.32. The van der Waals surface area contributed by atoms with Crippen molar-refractivity contribution in [2.24, 2.45) is 0 Å². The molecule has 2 rings (SSSR count). The van der Waals surface area contributed by atoms with Crippen molar-refractivity contribution >= 4 is 23.4 Å². The van der Waals surface area contributed by atoms with E-state index >= 15 is 0 Å². The highest BCUT2D eigenvalue weighted by Gasteiger charge is 2.09. The molecule has 0 fully saturated rings.